The van der Waals surface area contributed by atoms with Gasteiger partial charge in [-0.1, -0.05) is 11.6 Å². The van der Waals surface area contributed by atoms with E-state index in [-0.39, 0.29) is 11.7 Å². The first-order valence-electron chi connectivity index (χ1n) is 12.6. The van der Waals surface area contributed by atoms with E-state index in [0.717, 1.165) is 29.7 Å². The van der Waals surface area contributed by atoms with Gasteiger partial charge < -0.3 is 10.1 Å². The first-order valence-corrected chi connectivity index (χ1v) is 12.9. The van der Waals surface area contributed by atoms with Gasteiger partial charge in [-0.25, -0.2) is 19.2 Å². The van der Waals surface area contributed by atoms with Gasteiger partial charge in [-0.2, -0.15) is 5.10 Å². The van der Waals surface area contributed by atoms with Crippen LogP contribution in [0, 0.1) is 12.7 Å². The Hall–Kier alpha value is -4.05. The fourth-order valence-corrected chi connectivity index (χ4v) is 5.45. The lowest BCUT2D eigenvalue weighted by Gasteiger charge is -2.33. The molecule has 1 unspecified atom stereocenters. The molecule has 0 spiro atoms. The summed E-state index contributed by atoms with van der Waals surface area (Å²) in [6.45, 7) is 2.14. The molecule has 2 amide bonds. The van der Waals surface area contributed by atoms with E-state index >= 15 is 0 Å². The lowest BCUT2D eigenvalue weighted by atomic mass is 9.98. The van der Waals surface area contributed by atoms with Crippen molar-refractivity contribution in [2.24, 2.45) is 0 Å². The van der Waals surface area contributed by atoms with Gasteiger partial charge in [0, 0.05) is 23.7 Å². The molecule has 2 N–H and O–H groups in total. The molecule has 3 aliphatic rings. The molecule has 11 heteroatoms. The number of aromatic amines is 1. The number of benzene rings is 1. The number of aryl methyl sites for hydroxylation is 2. The number of hydrogen-bond donors (Lipinski definition) is 2. The topological polar surface area (TPSA) is 109 Å². The van der Waals surface area contributed by atoms with Crippen LogP contribution in [0.5, 0.6) is 5.75 Å². The molecule has 38 heavy (non-hydrogen) atoms. The maximum absolute atomic E-state index is 14.4. The predicted octanol–water partition coefficient (Wildman–Crippen LogP) is 5.86. The number of hydrogen-bond acceptors (Lipinski definition) is 6. The molecule has 5 heterocycles. The Balaban J connectivity index is 1.24. The number of H-pyrrole nitrogens is 1. The highest BCUT2D eigenvalue weighted by Gasteiger charge is 2.36. The Bertz CT molecular complexity index is 1600. The van der Waals surface area contributed by atoms with Crippen molar-refractivity contribution in [3.63, 3.8) is 0 Å². The minimum Gasteiger partial charge on any atom is -0.484 e. The first kappa shape index (κ1) is 23.1. The summed E-state index contributed by atoms with van der Waals surface area (Å²) in [5.74, 6) is 1.69. The highest BCUT2D eigenvalue weighted by Crippen LogP contribution is 2.46. The Morgan fingerprint density at radius 2 is 2.03 bits per heavy atom. The summed E-state index contributed by atoms with van der Waals surface area (Å²) in [6, 6.07) is 8.04. The third-order valence-electron chi connectivity index (χ3n) is 7.21. The average Bonchev–Trinajstić information content (AvgIpc) is 3.67. The molecule has 4 aromatic rings. The van der Waals surface area contributed by atoms with Gasteiger partial charge in [0.15, 0.2) is 5.82 Å². The molecule has 9 nitrogen and oxygen atoms in total. The summed E-state index contributed by atoms with van der Waals surface area (Å²) in [7, 11) is 0. The van der Waals surface area contributed by atoms with Gasteiger partial charge in [-0.15, -0.1) is 0 Å². The van der Waals surface area contributed by atoms with Crippen molar-refractivity contribution in [1.29, 1.82) is 0 Å². The lowest BCUT2D eigenvalue weighted by Crippen LogP contribution is -2.39. The van der Waals surface area contributed by atoms with Crippen molar-refractivity contribution in [3.8, 4) is 17.3 Å². The quantitative estimate of drug-likeness (QED) is 0.341. The molecule has 7 rings (SSSR count). The monoisotopic (exact) mass is 531 g/mol. The van der Waals surface area contributed by atoms with Crippen molar-refractivity contribution >= 4 is 29.0 Å². The fraction of sp³-hybridized carbons (Fsp3) is 0.296. The van der Waals surface area contributed by atoms with E-state index in [0.29, 0.717) is 64.8 Å². The summed E-state index contributed by atoms with van der Waals surface area (Å²) in [6.07, 6.45) is 4.37. The van der Waals surface area contributed by atoms with Crippen molar-refractivity contribution in [2.75, 3.05) is 10.2 Å². The Kier molecular flexibility index (Phi) is 5.33. The average molecular weight is 532 g/mol. The zero-order chi connectivity index (χ0) is 26.0. The third kappa shape index (κ3) is 3.96. The van der Waals surface area contributed by atoms with Crippen LogP contribution in [0.3, 0.4) is 0 Å². The van der Waals surface area contributed by atoms with Crippen LogP contribution in [0.25, 0.3) is 11.5 Å². The van der Waals surface area contributed by atoms with Gasteiger partial charge in [-0.3, -0.25) is 15.0 Å². The number of fused-ring (bicyclic) bond motifs is 2. The maximum Gasteiger partial charge on any atom is 0.326 e. The number of rotatable bonds is 4. The van der Waals surface area contributed by atoms with Crippen LogP contribution in [0.15, 0.2) is 36.5 Å². The molecule has 1 fully saturated rings. The second kappa shape index (κ2) is 8.76. The molecule has 1 saturated carbocycles. The SMILES string of the molecule is Cc1nc(-c2cc3c(c(C4CC4)n2)CN(c2cc4c(cc2Cl)CCC(c2ncccc2F)O4)C(=O)N3)n[nH]1. The van der Waals surface area contributed by atoms with Crippen LogP contribution in [0.4, 0.5) is 20.6 Å². The van der Waals surface area contributed by atoms with Gasteiger partial charge >= 0.3 is 6.03 Å². The standard InChI is InChI=1S/C27H23ClFN7O2/c1-13-31-26(35-34-13)20-10-19-16(24(32-20)14-4-5-14)12-36(27(37)33-19)21-11-23-15(9-17(21)28)6-7-22(38-23)25-18(29)3-2-8-30-25/h2-3,8-11,14,22H,4-7,12H2,1H3,(H,33,37)(H,31,34,35). The van der Waals surface area contributed by atoms with E-state index in [1.807, 2.05) is 19.1 Å². The van der Waals surface area contributed by atoms with Crippen LogP contribution in [-0.2, 0) is 13.0 Å². The second-order valence-electron chi connectivity index (χ2n) is 9.88. The molecule has 192 valence electrons. The molecular formula is C27H23ClFN7O2. The van der Waals surface area contributed by atoms with Crippen LogP contribution in [0.1, 0.15) is 59.6 Å². The molecule has 1 atom stereocenters. The summed E-state index contributed by atoms with van der Waals surface area (Å²) in [5.41, 5.74) is 4.93. The van der Waals surface area contributed by atoms with Crippen molar-refractivity contribution in [2.45, 2.75) is 51.2 Å². The summed E-state index contributed by atoms with van der Waals surface area (Å²) in [4.78, 5) is 28.5. The molecule has 0 bridgehead atoms. The highest BCUT2D eigenvalue weighted by molar-refractivity contribution is 6.34. The zero-order valence-corrected chi connectivity index (χ0v) is 21.2. The van der Waals surface area contributed by atoms with Gasteiger partial charge in [0.25, 0.3) is 0 Å². The normalized spacial score (nSPS) is 18.4. The van der Waals surface area contributed by atoms with E-state index in [4.69, 9.17) is 21.3 Å². The number of amides is 2. The van der Waals surface area contributed by atoms with Crippen LogP contribution in [0.2, 0.25) is 5.02 Å². The summed E-state index contributed by atoms with van der Waals surface area (Å²) in [5, 5.41) is 10.6. The number of aromatic nitrogens is 5. The number of anilines is 2. The predicted molar refractivity (Wildman–Crippen MR) is 139 cm³/mol. The zero-order valence-electron chi connectivity index (χ0n) is 20.5. The second-order valence-corrected chi connectivity index (χ2v) is 10.3. The maximum atomic E-state index is 14.4. The molecule has 1 aliphatic carbocycles. The summed E-state index contributed by atoms with van der Waals surface area (Å²) >= 11 is 6.70. The third-order valence-corrected chi connectivity index (χ3v) is 7.51. The largest absolute Gasteiger partial charge is 0.484 e. The van der Waals surface area contributed by atoms with Crippen LogP contribution in [-0.4, -0.2) is 31.2 Å². The van der Waals surface area contributed by atoms with Crippen molar-refractivity contribution < 1.29 is 13.9 Å². The van der Waals surface area contributed by atoms with Crippen LogP contribution < -0.4 is 15.0 Å². The minimum atomic E-state index is -0.517. The van der Waals surface area contributed by atoms with Gasteiger partial charge in [0.1, 0.15) is 34.9 Å². The molecule has 1 aromatic carbocycles. The van der Waals surface area contributed by atoms with Crippen molar-refractivity contribution in [1.82, 2.24) is 25.1 Å². The van der Waals surface area contributed by atoms with E-state index in [1.54, 1.807) is 23.2 Å². The van der Waals surface area contributed by atoms with Crippen molar-refractivity contribution in [3.05, 3.63) is 75.7 Å². The Morgan fingerprint density at radius 1 is 1.16 bits per heavy atom. The Morgan fingerprint density at radius 3 is 2.79 bits per heavy atom. The van der Waals surface area contributed by atoms with Gasteiger partial charge in [0.2, 0.25) is 0 Å². The number of carbonyl (C=O) groups is 1. The number of ether oxygens (including phenoxy) is 1. The van der Waals surface area contributed by atoms with Gasteiger partial charge in [0.05, 0.1) is 28.6 Å². The number of halogens is 2. The number of nitrogens with one attached hydrogen (secondary N) is 2. The molecule has 0 saturated heterocycles. The summed E-state index contributed by atoms with van der Waals surface area (Å²) < 4.78 is 20.6. The highest BCUT2D eigenvalue weighted by atomic mass is 35.5. The molecular weight excluding hydrogens is 509 g/mol. The number of carbonyl (C=O) groups excluding carboxylic acids is 1. The van der Waals surface area contributed by atoms with E-state index in [9.17, 15) is 9.18 Å². The minimum absolute atomic E-state index is 0.275. The molecule has 3 aromatic heterocycles. The molecule has 0 radical (unpaired) electrons. The smallest absolute Gasteiger partial charge is 0.326 e. The van der Waals surface area contributed by atoms with E-state index in [1.165, 1.54) is 6.07 Å². The Labute approximate surface area is 222 Å². The van der Waals surface area contributed by atoms with E-state index in [2.05, 4.69) is 25.5 Å². The van der Waals surface area contributed by atoms with Crippen LogP contribution >= 0.6 is 11.6 Å². The fourth-order valence-electron chi connectivity index (χ4n) is 5.16. The number of pyridine rings is 2. The van der Waals surface area contributed by atoms with Gasteiger partial charge in [-0.05, 0) is 62.4 Å². The number of nitrogens with zero attached hydrogens (tertiary/aromatic N) is 5. The van der Waals surface area contributed by atoms with E-state index < -0.39 is 11.9 Å². The lowest BCUT2D eigenvalue weighted by molar-refractivity contribution is 0.167. The first-order chi connectivity index (χ1) is 18.4. The molecule has 2 aliphatic heterocycles. The number of urea groups is 1.